The second kappa shape index (κ2) is 2.87. The van der Waals surface area contributed by atoms with Gasteiger partial charge in [-0.2, -0.15) is 0 Å². The third kappa shape index (κ3) is 1.21. The minimum absolute atomic E-state index is 0.209. The summed E-state index contributed by atoms with van der Waals surface area (Å²) in [4.78, 5) is 0. The van der Waals surface area contributed by atoms with Gasteiger partial charge in [-0.1, -0.05) is 32.9 Å². The van der Waals surface area contributed by atoms with Crippen molar-refractivity contribution in [1.29, 1.82) is 0 Å². The molecule has 1 aromatic rings. The van der Waals surface area contributed by atoms with Crippen molar-refractivity contribution in [2.75, 3.05) is 6.35 Å². The van der Waals surface area contributed by atoms with Gasteiger partial charge in [-0.15, -0.1) is 0 Å². The van der Waals surface area contributed by atoms with Gasteiger partial charge in [0, 0.05) is 5.16 Å². The molecule has 0 saturated heterocycles. The number of hydrogen-bond acceptors (Lipinski definition) is 2. The van der Waals surface area contributed by atoms with E-state index >= 15 is 0 Å². The molecule has 1 atom stereocenters. The molecule has 0 bridgehead atoms. The van der Waals surface area contributed by atoms with E-state index in [2.05, 4.69) is 0 Å². The summed E-state index contributed by atoms with van der Waals surface area (Å²) in [6, 6.07) is 7.65. The molecular formula is C11H15O2P. The molecule has 0 aromatic heterocycles. The summed E-state index contributed by atoms with van der Waals surface area (Å²) in [7, 11) is -2.37. The van der Waals surface area contributed by atoms with E-state index in [0.717, 1.165) is 11.1 Å². The van der Waals surface area contributed by atoms with Crippen molar-refractivity contribution in [3.05, 3.63) is 24.3 Å². The molecular weight excluding hydrogens is 195 g/mol. The summed E-state index contributed by atoms with van der Waals surface area (Å²) in [5.74, 6) is 0.797. The van der Waals surface area contributed by atoms with Crippen molar-refractivity contribution in [2.24, 2.45) is 0 Å². The molecule has 2 nitrogen and oxygen atoms in total. The van der Waals surface area contributed by atoms with Crippen LogP contribution in [0.15, 0.2) is 24.3 Å². The highest BCUT2D eigenvalue weighted by Gasteiger charge is 2.44. The minimum atomic E-state index is -2.37. The van der Waals surface area contributed by atoms with Gasteiger partial charge in [0.1, 0.15) is 12.1 Å². The number of rotatable bonds is 0. The first-order valence-electron chi connectivity index (χ1n) is 4.77. The van der Waals surface area contributed by atoms with Gasteiger partial charge in [-0.25, -0.2) is 0 Å². The van der Waals surface area contributed by atoms with Crippen LogP contribution >= 0.6 is 7.14 Å². The molecule has 0 fully saturated rings. The van der Waals surface area contributed by atoms with E-state index in [1.54, 1.807) is 0 Å². The normalized spacial score (nSPS) is 25.6. The highest BCUT2D eigenvalue weighted by molar-refractivity contribution is 7.73. The van der Waals surface area contributed by atoms with Gasteiger partial charge in [-0.05, 0) is 12.1 Å². The van der Waals surface area contributed by atoms with Gasteiger partial charge >= 0.3 is 0 Å². The van der Waals surface area contributed by atoms with Crippen molar-refractivity contribution in [3.8, 4) is 5.75 Å². The molecule has 0 N–H and O–H groups in total. The second-order valence-corrected chi connectivity index (χ2v) is 8.21. The number of benzene rings is 1. The largest absolute Gasteiger partial charge is 0.485 e. The van der Waals surface area contributed by atoms with E-state index in [9.17, 15) is 4.57 Å². The van der Waals surface area contributed by atoms with Crippen molar-refractivity contribution < 1.29 is 9.30 Å². The molecule has 0 spiro atoms. The zero-order valence-corrected chi connectivity index (χ0v) is 9.67. The summed E-state index contributed by atoms with van der Waals surface area (Å²) >= 11 is 0. The Hall–Kier alpha value is -0.750. The van der Waals surface area contributed by atoms with Crippen LogP contribution in [0, 0.1) is 0 Å². The van der Waals surface area contributed by atoms with Gasteiger partial charge in [0.25, 0.3) is 0 Å². The summed E-state index contributed by atoms with van der Waals surface area (Å²) in [6.45, 7) is 6.04. The maximum absolute atomic E-state index is 12.7. The van der Waals surface area contributed by atoms with E-state index in [1.807, 2.05) is 45.0 Å². The van der Waals surface area contributed by atoms with Gasteiger partial charge in [0.15, 0.2) is 7.14 Å². The molecule has 0 radical (unpaired) electrons. The van der Waals surface area contributed by atoms with Crippen molar-refractivity contribution >= 4 is 12.4 Å². The lowest BCUT2D eigenvalue weighted by Crippen LogP contribution is -2.21. The lowest BCUT2D eigenvalue weighted by Gasteiger charge is -2.26. The highest BCUT2D eigenvalue weighted by Crippen LogP contribution is 2.60. The topological polar surface area (TPSA) is 26.3 Å². The highest BCUT2D eigenvalue weighted by atomic mass is 31.2. The fraction of sp³-hybridized carbons (Fsp3) is 0.455. The van der Waals surface area contributed by atoms with Crippen LogP contribution in [0.3, 0.4) is 0 Å². The van der Waals surface area contributed by atoms with Crippen LogP contribution in [0.2, 0.25) is 0 Å². The Balaban J connectivity index is 2.59. The Bertz CT molecular complexity index is 404. The first kappa shape index (κ1) is 9.79. The van der Waals surface area contributed by atoms with Crippen molar-refractivity contribution in [1.82, 2.24) is 0 Å². The number of fused-ring (bicyclic) bond motifs is 1. The SMILES string of the molecule is CC(C)(C)P1(=O)COc2ccccc21. The average Bonchev–Trinajstić information content (AvgIpc) is 2.45. The van der Waals surface area contributed by atoms with E-state index in [1.165, 1.54) is 0 Å². The monoisotopic (exact) mass is 210 g/mol. The Morgan fingerprint density at radius 3 is 2.57 bits per heavy atom. The maximum Gasteiger partial charge on any atom is 0.159 e. The van der Waals surface area contributed by atoms with E-state index < -0.39 is 7.14 Å². The molecule has 14 heavy (non-hydrogen) atoms. The van der Waals surface area contributed by atoms with Crippen LogP contribution in [0.25, 0.3) is 0 Å². The van der Waals surface area contributed by atoms with Gasteiger partial charge in [-0.3, -0.25) is 0 Å². The quantitative estimate of drug-likeness (QED) is 0.615. The summed E-state index contributed by atoms with van der Waals surface area (Å²) < 4.78 is 18.2. The van der Waals surface area contributed by atoms with Gasteiger partial charge in [0.05, 0.1) is 5.30 Å². The Morgan fingerprint density at radius 1 is 1.29 bits per heavy atom. The summed E-state index contributed by atoms with van der Waals surface area (Å²) in [6.07, 6.45) is 0.357. The molecule has 1 aliphatic heterocycles. The van der Waals surface area contributed by atoms with Crippen LogP contribution < -0.4 is 10.0 Å². The van der Waals surface area contributed by atoms with Gasteiger partial charge < -0.3 is 9.30 Å². The third-order valence-electron chi connectivity index (χ3n) is 2.74. The van der Waals surface area contributed by atoms with Crippen LogP contribution in [-0.2, 0) is 4.57 Å². The molecule has 1 aromatic carbocycles. The summed E-state index contributed by atoms with van der Waals surface area (Å²) in [5, 5.41) is 0.701. The lowest BCUT2D eigenvalue weighted by atomic mass is 10.3. The lowest BCUT2D eigenvalue weighted by molar-refractivity contribution is 0.389. The number of para-hydroxylation sites is 1. The molecule has 3 heteroatoms. The van der Waals surface area contributed by atoms with E-state index in [0.29, 0.717) is 6.35 Å². The Labute approximate surface area is 84.7 Å². The fourth-order valence-corrected chi connectivity index (χ4v) is 4.05. The molecule has 1 unspecified atom stereocenters. The number of ether oxygens (including phenoxy) is 1. The van der Waals surface area contributed by atoms with Crippen LogP contribution in [0.5, 0.6) is 5.75 Å². The van der Waals surface area contributed by atoms with Crippen LogP contribution in [-0.4, -0.2) is 11.5 Å². The Morgan fingerprint density at radius 2 is 1.93 bits per heavy atom. The first-order valence-corrected chi connectivity index (χ1v) is 6.66. The van der Waals surface area contributed by atoms with E-state index in [-0.39, 0.29) is 5.16 Å². The molecule has 0 saturated carbocycles. The van der Waals surface area contributed by atoms with E-state index in [4.69, 9.17) is 4.74 Å². The fourth-order valence-electron chi connectivity index (χ4n) is 1.66. The first-order chi connectivity index (χ1) is 6.45. The zero-order valence-electron chi connectivity index (χ0n) is 8.78. The smallest absolute Gasteiger partial charge is 0.159 e. The standard InChI is InChI=1S/C11H15O2P/c1-11(2,3)14(12)8-13-9-6-4-5-7-10(9)14/h4-7H,8H2,1-3H3. The molecule has 76 valence electrons. The number of hydrogen-bond donors (Lipinski definition) is 0. The van der Waals surface area contributed by atoms with Crippen molar-refractivity contribution in [3.63, 3.8) is 0 Å². The zero-order chi connectivity index (χ0) is 10.4. The third-order valence-corrected chi connectivity index (χ3v) is 6.55. The average molecular weight is 210 g/mol. The maximum atomic E-state index is 12.7. The predicted octanol–water partition coefficient (Wildman–Crippen LogP) is 2.82. The molecule has 1 aliphatic rings. The molecule has 0 aliphatic carbocycles. The molecule has 2 rings (SSSR count). The molecule has 1 heterocycles. The summed E-state index contributed by atoms with van der Waals surface area (Å²) in [5.41, 5.74) is 0. The van der Waals surface area contributed by atoms with Crippen LogP contribution in [0.1, 0.15) is 20.8 Å². The second-order valence-electron chi connectivity index (χ2n) is 4.65. The minimum Gasteiger partial charge on any atom is -0.485 e. The van der Waals surface area contributed by atoms with Crippen LogP contribution in [0.4, 0.5) is 0 Å². The van der Waals surface area contributed by atoms with Crippen molar-refractivity contribution in [2.45, 2.75) is 25.9 Å². The molecule has 0 amide bonds. The van der Waals surface area contributed by atoms with Gasteiger partial charge in [0.2, 0.25) is 0 Å². The predicted molar refractivity (Wildman–Crippen MR) is 58.9 cm³/mol. The Kier molecular flexibility index (Phi) is 2.01.